The Morgan fingerprint density at radius 1 is 1.35 bits per heavy atom. The molecule has 108 valence electrons. The molecule has 1 rings (SSSR count). The van der Waals surface area contributed by atoms with Gasteiger partial charge in [-0.05, 0) is 26.0 Å². The smallest absolute Gasteiger partial charge is 0.307 e. The van der Waals surface area contributed by atoms with E-state index in [0.29, 0.717) is 5.56 Å². The third-order valence-corrected chi connectivity index (χ3v) is 2.31. The van der Waals surface area contributed by atoms with Crippen LogP contribution in [0.5, 0.6) is 0 Å². The second kappa shape index (κ2) is 8.09. The lowest BCUT2D eigenvalue weighted by molar-refractivity contribution is -0.147. The van der Waals surface area contributed by atoms with Crippen molar-refractivity contribution in [1.82, 2.24) is 5.32 Å². The molecule has 0 radical (unpaired) electrons. The number of amides is 1. The summed E-state index contributed by atoms with van der Waals surface area (Å²) in [5.41, 5.74) is 0.335. The fraction of sp³-hybridized carbons (Fsp3) is 0.333. The molecule has 0 fully saturated rings. The molecular formula is C15H18FNO3. The summed E-state index contributed by atoms with van der Waals surface area (Å²) >= 11 is 0. The van der Waals surface area contributed by atoms with Gasteiger partial charge in [0.1, 0.15) is 5.82 Å². The normalized spacial score (nSPS) is 10.8. The fourth-order valence-corrected chi connectivity index (χ4v) is 1.44. The average molecular weight is 279 g/mol. The highest BCUT2D eigenvalue weighted by Crippen LogP contribution is 2.07. The average Bonchev–Trinajstić information content (AvgIpc) is 2.37. The molecule has 0 saturated heterocycles. The molecule has 0 aliphatic rings. The van der Waals surface area contributed by atoms with Crippen molar-refractivity contribution in [3.63, 3.8) is 0 Å². The van der Waals surface area contributed by atoms with Gasteiger partial charge in [-0.1, -0.05) is 18.2 Å². The minimum absolute atomic E-state index is 0.109. The first-order valence-corrected chi connectivity index (χ1v) is 6.39. The summed E-state index contributed by atoms with van der Waals surface area (Å²) in [6, 6.07) is 6.15. The number of benzene rings is 1. The van der Waals surface area contributed by atoms with E-state index in [0.717, 1.165) is 0 Å². The summed E-state index contributed by atoms with van der Waals surface area (Å²) < 4.78 is 18.2. The molecule has 1 N–H and O–H groups in total. The third kappa shape index (κ3) is 6.13. The van der Waals surface area contributed by atoms with Crippen molar-refractivity contribution in [2.75, 3.05) is 6.54 Å². The maximum absolute atomic E-state index is 13.3. The van der Waals surface area contributed by atoms with Crippen LogP contribution in [0.2, 0.25) is 0 Å². The van der Waals surface area contributed by atoms with Crippen LogP contribution in [0, 0.1) is 5.82 Å². The van der Waals surface area contributed by atoms with Crippen LogP contribution >= 0.6 is 0 Å². The fourth-order valence-electron chi connectivity index (χ4n) is 1.44. The minimum atomic E-state index is -0.392. The zero-order valence-electron chi connectivity index (χ0n) is 11.6. The lowest BCUT2D eigenvalue weighted by Crippen LogP contribution is -2.25. The summed E-state index contributed by atoms with van der Waals surface area (Å²) in [5.74, 6) is -1.14. The maximum atomic E-state index is 13.3. The number of carbonyl (C=O) groups excluding carboxylic acids is 2. The van der Waals surface area contributed by atoms with Crippen LogP contribution in [0.1, 0.15) is 25.8 Å². The lowest BCUT2D eigenvalue weighted by Gasteiger charge is -2.07. The van der Waals surface area contributed by atoms with E-state index in [1.54, 1.807) is 32.0 Å². The maximum Gasteiger partial charge on any atom is 0.307 e. The monoisotopic (exact) mass is 279 g/mol. The van der Waals surface area contributed by atoms with Gasteiger partial charge in [-0.25, -0.2) is 4.39 Å². The van der Waals surface area contributed by atoms with E-state index in [9.17, 15) is 14.0 Å². The molecule has 20 heavy (non-hydrogen) atoms. The van der Waals surface area contributed by atoms with Crippen LogP contribution in [0.15, 0.2) is 30.3 Å². The zero-order chi connectivity index (χ0) is 15.0. The molecule has 0 spiro atoms. The van der Waals surface area contributed by atoms with Gasteiger partial charge in [0.2, 0.25) is 5.91 Å². The van der Waals surface area contributed by atoms with E-state index in [1.807, 2.05) is 0 Å². The number of rotatable bonds is 6. The first-order chi connectivity index (χ1) is 9.49. The number of carbonyl (C=O) groups is 2. The number of hydrogen-bond donors (Lipinski definition) is 1. The van der Waals surface area contributed by atoms with E-state index in [4.69, 9.17) is 4.74 Å². The van der Waals surface area contributed by atoms with Crippen molar-refractivity contribution in [3.05, 3.63) is 41.7 Å². The van der Waals surface area contributed by atoms with Gasteiger partial charge in [0.15, 0.2) is 0 Å². The molecule has 0 atom stereocenters. The van der Waals surface area contributed by atoms with Crippen molar-refractivity contribution in [2.45, 2.75) is 26.4 Å². The Morgan fingerprint density at radius 3 is 2.70 bits per heavy atom. The molecule has 0 aliphatic carbocycles. The highest BCUT2D eigenvalue weighted by molar-refractivity contribution is 5.91. The topological polar surface area (TPSA) is 55.4 Å². The molecule has 1 aromatic rings. The largest absolute Gasteiger partial charge is 0.463 e. The lowest BCUT2D eigenvalue weighted by atomic mass is 10.2. The summed E-state index contributed by atoms with van der Waals surface area (Å²) in [7, 11) is 0. The van der Waals surface area contributed by atoms with Gasteiger partial charge >= 0.3 is 5.97 Å². The number of halogens is 1. The second-order valence-electron chi connectivity index (χ2n) is 4.43. The third-order valence-electron chi connectivity index (χ3n) is 2.31. The summed E-state index contributed by atoms with van der Waals surface area (Å²) in [5, 5.41) is 2.53. The van der Waals surface area contributed by atoms with Gasteiger partial charge in [-0.15, -0.1) is 0 Å². The van der Waals surface area contributed by atoms with Crippen LogP contribution in [0.3, 0.4) is 0 Å². The van der Waals surface area contributed by atoms with E-state index >= 15 is 0 Å². The number of esters is 1. The molecule has 1 amide bonds. The van der Waals surface area contributed by atoms with Gasteiger partial charge in [0.05, 0.1) is 12.5 Å². The Labute approximate surface area is 117 Å². The van der Waals surface area contributed by atoms with Gasteiger partial charge in [-0.3, -0.25) is 9.59 Å². The first-order valence-electron chi connectivity index (χ1n) is 6.39. The number of ether oxygens (including phenoxy) is 1. The Hall–Kier alpha value is -2.17. The van der Waals surface area contributed by atoms with Gasteiger partial charge in [0.25, 0.3) is 0 Å². The van der Waals surface area contributed by atoms with Crippen molar-refractivity contribution in [3.8, 4) is 0 Å². The van der Waals surface area contributed by atoms with Crippen LogP contribution in [-0.4, -0.2) is 24.5 Å². The van der Waals surface area contributed by atoms with Crippen molar-refractivity contribution in [1.29, 1.82) is 0 Å². The minimum Gasteiger partial charge on any atom is -0.463 e. The van der Waals surface area contributed by atoms with Crippen LogP contribution in [0.25, 0.3) is 6.08 Å². The van der Waals surface area contributed by atoms with Crippen LogP contribution < -0.4 is 5.32 Å². The first kappa shape index (κ1) is 15.9. The highest BCUT2D eigenvalue weighted by Gasteiger charge is 2.05. The highest BCUT2D eigenvalue weighted by atomic mass is 19.1. The Bertz CT molecular complexity index is 498. The summed E-state index contributed by atoms with van der Waals surface area (Å²) in [4.78, 5) is 22.7. The van der Waals surface area contributed by atoms with E-state index in [1.165, 1.54) is 18.2 Å². The zero-order valence-corrected chi connectivity index (χ0v) is 11.6. The molecule has 0 bridgehead atoms. The molecule has 0 heterocycles. The van der Waals surface area contributed by atoms with Crippen molar-refractivity contribution >= 4 is 18.0 Å². The predicted octanol–water partition coefficient (Wildman–Crippen LogP) is 2.30. The van der Waals surface area contributed by atoms with E-state index in [2.05, 4.69) is 5.32 Å². The van der Waals surface area contributed by atoms with E-state index in [-0.39, 0.29) is 30.9 Å². The Balaban J connectivity index is 2.34. The standard InChI is InChI=1S/C15H18FNO3/c1-11(2)20-15(19)9-10-17-14(18)8-7-12-5-3-4-6-13(12)16/h3-8,11H,9-10H2,1-2H3,(H,17,18)/b8-7+. The SMILES string of the molecule is CC(C)OC(=O)CCNC(=O)/C=C/c1ccccc1F. The van der Waals surface area contributed by atoms with Crippen LogP contribution in [-0.2, 0) is 14.3 Å². The van der Waals surface area contributed by atoms with Gasteiger partial charge in [-0.2, -0.15) is 0 Å². The molecule has 0 saturated carbocycles. The Kier molecular flexibility index (Phi) is 6.43. The molecule has 4 nitrogen and oxygen atoms in total. The number of nitrogens with one attached hydrogen (secondary N) is 1. The van der Waals surface area contributed by atoms with Crippen molar-refractivity contribution < 1.29 is 18.7 Å². The van der Waals surface area contributed by atoms with E-state index < -0.39 is 5.82 Å². The predicted molar refractivity (Wildman–Crippen MR) is 74.3 cm³/mol. The molecule has 0 aliphatic heterocycles. The van der Waals surface area contributed by atoms with Gasteiger partial charge in [0, 0.05) is 18.2 Å². The Morgan fingerprint density at radius 2 is 2.05 bits per heavy atom. The molecule has 0 aromatic heterocycles. The van der Waals surface area contributed by atoms with Gasteiger partial charge < -0.3 is 10.1 Å². The summed E-state index contributed by atoms with van der Waals surface area (Å²) in [6.45, 7) is 3.70. The number of hydrogen-bond acceptors (Lipinski definition) is 3. The van der Waals surface area contributed by atoms with Crippen molar-refractivity contribution in [2.24, 2.45) is 0 Å². The molecule has 1 aromatic carbocycles. The molecule has 0 unspecified atom stereocenters. The summed E-state index contributed by atoms with van der Waals surface area (Å²) in [6.07, 6.45) is 2.56. The quantitative estimate of drug-likeness (QED) is 0.642. The molecular weight excluding hydrogens is 261 g/mol. The van der Waals surface area contributed by atoms with Crippen LogP contribution in [0.4, 0.5) is 4.39 Å². The second-order valence-corrected chi connectivity index (χ2v) is 4.43. The molecule has 5 heteroatoms.